The zero-order valence-electron chi connectivity index (χ0n) is 17.7. The monoisotopic (exact) mass is 444 g/mol. The highest BCUT2D eigenvalue weighted by Gasteiger charge is 2.24. The summed E-state index contributed by atoms with van der Waals surface area (Å²) in [5.41, 5.74) is 3.27. The molecule has 0 bridgehead atoms. The topological polar surface area (TPSA) is 70.0 Å². The number of Topliss-reactive ketones (excluding diaryl/α,β-unsaturated/α-hetero) is 1. The fourth-order valence-corrected chi connectivity index (χ4v) is 4.00. The third-order valence-corrected chi connectivity index (χ3v) is 5.66. The van der Waals surface area contributed by atoms with Crippen LogP contribution in [0.3, 0.4) is 0 Å². The Kier molecular flexibility index (Phi) is 7.55. The fraction of sp³-hybridized carbons (Fsp3) is 0.458. The van der Waals surface area contributed by atoms with Crippen LogP contribution in [0.5, 0.6) is 0 Å². The van der Waals surface area contributed by atoms with E-state index in [4.69, 9.17) is 9.47 Å². The molecule has 32 heavy (non-hydrogen) atoms. The molecule has 3 heterocycles. The summed E-state index contributed by atoms with van der Waals surface area (Å²) < 4.78 is 41.0. The summed E-state index contributed by atoms with van der Waals surface area (Å²) in [5, 5.41) is 0. The van der Waals surface area contributed by atoms with E-state index in [2.05, 4.69) is 14.7 Å². The zero-order valence-corrected chi connectivity index (χ0v) is 17.7. The lowest BCUT2D eigenvalue weighted by atomic mass is 9.93. The number of nitrogens with zero attached hydrogens (tertiary/aromatic N) is 2. The molecular weight excluding hydrogens is 418 g/mol. The second-order valence-corrected chi connectivity index (χ2v) is 8.00. The summed E-state index contributed by atoms with van der Waals surface area (Å²) in [7, 11) is 0. The van der Waals surface area contributed by atoms with Gasteiger partial charge in [0.05, 0.1) is 31.9 Å². The standard InChI is InChI=1S/C24H26F2N2O4/c25-24(26)31-15-18(16-4-2-1-3-5-16)11-20(29)12-19-10-17-13-28-23(22(17)14-27-19)32-21-6-8-30-9-7-21/h1-5,10,14,18,21,24H,6-9,11-13,15H2/t18-/m1/s1. The minimum Gasteiger partial charge on any atom is -0.474 e. The van der Waals surface area contributed by atoms with E-state index in [-0.39, 0.29) is 31.3 Å². The van der Waals surface area contributed by atoms with E-state index in [1.165, 1.54) is 0 Å². The van der Waals surface area contributed by atoms with Crippen molar-refractivity contribution in [2.75, 3.05) is 19.8 Å². The van der Waals surface area contributed by atoms with Crippen molar-refractivity contribution in [3.05, 3.63) is 65.0 Å². The van der Waals surface area contributed by atoms with E-state index in [9.17, 15) is 13.6 Å². The Morgan fingerprint density at radius 2 is 1.97 bits per heavy atom. The smallest absolute Gasteiger partial charge is 0.345 e. The maximum absolute atomic E-state index is 12.7. The first-order chi connectivity index (χ1) is 15.6. The number of carbonyl (C=O) groups is 1. The maximum Gasteiger partial charge on any atom is 0.345 e. The molecule has 0 aliphatic carbocycles. The fourth-order valence-electron chi connectivity index (χ4n) is 4.00. The maximum atomic E-state index is 12.7. The number of rotatable bonds is 9. The first kappa shape index (κ1) is 22.5. The molecular formula is C24H26F2N2O4. The van der Waals surface area contributed by atoms with Crippen LogP contribution >= 0.6 is 0 Å². The second-order valence-electron chi connectivity index (χ2n) is 8.00. The molecule has 1 atom stereocenters. The van der Waals surface area contributed by atoms with Crippen molar-refractivity contribution < 1.29 is 27.8 Å². The van der Waals surface area contributed by atoms with Crippen LogP contribution in [0.4, 0.5) is 8.78 Å². The molecule has 0 radical (unpaired) electrons. The number of benzene rings is 1. The summed E-state index contributed by atoms with van der Waals surface area (Å²) in [4.78, 5) is 21.6. The van der Waals surface area contributed by atoms with Crippen LogP contribution < -0.4 is 0 Å². The molecule has 170 valence electrons. The predicted octanol–water partition coefficient (Wildman–Crippen LogP) is 4.06. The van der Waals surface area contributed by atoms with Crippen LogP contribution in [0.1, 0.15) is 47.6 Å². The molecule has 2 aromatic rings. The number of carbonyl (C=O) groups excluding carboxylic acids is 1. The highest BCUT2D eigenvalue weighted by Crippen LogP contribution is 2.25. The Labute approximate surface area is 185 Å². The average Bonchev–Trinajstić information content (AvgIpc) is 3.19. The summed E-state index contributed by atoms with van der Waals surface area (Å²) in [6.07, 6.45) is 3.71. The molecule has 6 nitrogen and oxygen atoms in total. The number of pyridine rings is 1. The molecule has 1 fully saturated rings. The summed E-state index contributed by atoms with van der Waals surface area (Å²) >= 11 is 0. The van der Waals surface area contributed by atoms with Crippen LogP contribution in [-0.4, -0.2) is 49.2 Å². The lowest BCUT2D eigenvalue weighted by Gasteiger charge is -2.23. The molecule has 2 aliphatic heterocycles. The first-order valence-electron chi connectivity index (χ1n) is 10.8. The Bertz CT molecular complexity index is 946. The molecule has 1 aromatic carbocycles. The van der Waals surface area contributed by atoms with Gasteiger partial charge >= 0.3 is 6.61 Å². The van der Waals surface area contributed by atoms with Gasteiger partial charge in [-0.25, -0.2) is 4.99 Å². The normalized spacial score (nSPS) is 17.2. The molecule has 0 N–H and O–H groups in total. The Hall–Kier alpha value is -2.71. The van der Waals surface area contributed by atoms with Crippen LogP contribution in [0, 0.1) is 0 Å². The van der Waals surface area contributed by atoms with E-state index in [0.717, 1.165) is 29.5 Å². The Morgan fingerprint density at radius 1 is 1.19 bits per heavy atom. The van der Waals surface area contributed by atoms with Gasteiger partial charge in [0.15, 0.2) is 0 Å². The van der Waals surface area contributed by atoms with E-state index in [0.29, 0.717) is 31.4 Å². The minimum absolute atomic E-state index is 0.0817. The number of halogens is 2. The van der Waals surface area contributed by atoms with Gasteiger partial charge in [0, 0.05) is 43.5 Å². The number of ketones is 1. The minimum atomic E-state index is -2.87. The first-order valence-corrected chi connectivity index (χ1v) is 10.8. The van der Waals surface area contributed by atoms with Gasteiger partial charge in [-0.2, -0.15) is 8.78 Å². The average molecular weight is 444 g/mol. The SMILES string of the molecule is O=C(Cc1cc2c(cn1)C(OC1CCOCC1)=NC2)C[C@H](COC(F)F)c1ccccc1. The van der Waals surface area contributed by atoms with Crippen molar-refractivity contribution in [3.63, 3.8) is 0 Å². The van der Waals surface area contributed by atoms with Gasteiger partial charge in [0.1, 0.15) is 11.9 Å². The van der Waals surface area contributed by atoms with Gasteiger partial charge < -0.3 is 14.2 Å². The Morgan fingerprint density at radius 3 is 2.72 bits per heavy atom. The van der Waals surface area contributed by atoms with Crippen molar-refractivity contribution in [1.82, 2.24) is 4.98 Å². The van der Waals surface area contributed by atoms with E-state index in [1.807, 2.05) is 36.4 Å². The Balaban J connectivity index is 1.37. The van der Waals surface area contributed by atoms with Crippen molar-refractivity contribution in [2.24, 2.45) is 4.99 Å². The molecule has 2 aliphatic rings. The third-order valence-electron chi connectivity index (χ3n) is 5.66. The summed E-state index contributed by atoms with van der Waals surface area (Å²) in [6, 6.07) is 11.0. The zero-order chi connectivity index (χ0) is 22.3. The number of fused-ring (bicyclic) bond motifs is 1. The number of hydrogen-bond donors (Lipinski definition) is 0. The van der Waals surface area contributed by atoms with Gasteiger partial charge in [0.25, 0.3) is 0 Å². The molecule has 4 rings (SSSR count). The highest BCUT2D eigenvalue weighted by atomic mass is 19.3. The van der Waals surface area contributed by atoms with Crippen molar-refractivity contribution in [2.45, 2.75) is 50.9 Å². The lowest BCUT2D eigenvalue weighted by molar-refractivity contribution is -0.136. The summed E-state index contributed by atoms with van der Waals surface area (Å²) in [5.74, 6) is 0.0854. The van der Waals surface area contributed by atoms with Crippen molar-refractivity contribution >= 4 is 11.7 Å². The summed E-state index contributed by atoms with van der Waals surface area (Å²) in [6.45, 7) is -1.21. The van der Waals surface area contributed by atoms with Crippen molar-refractivity contribution in [3.8, 4) is 0 Å². The third kappa shape index (κ3) is 5.95. The quantitative estimate of drug-likeness (QED) is 0.583. The van der Waals surface area contributed by atoms with Crippen LogP contribution in [0.15, 0.2) is 47.6 Å². The van der Waals surface area contributed by atoms with Crippen LogP contribution in [-0.2, 0) is 32.0 Å². The molecule has 1 aromatic heterocycles. The highest BCUT2D eigenvalue weighted by molar-refractivity contribution is 5.97. The number of aromatic nitrogens is 1. The van der Waals surface area contributed by atoms with Crippen LogP contribution in [0.2, 0.25) is 0 Å². The molecule has 8 heteroatoms. The van der Waals surface area contributed by atoms with Gasteiger partial charge in [-0.15, -0.1) is 0 Å². The number of hydrogen-bond acceptors (Lipinski definition) is 6. The molecule has 0 unspecified atom stereocenters. The van der Waals surface area contributed by atoms with Crippen molar-refractivity contribution in [1.29, 1.82) is 0 Å². The van der Waals surface area contributed by atoms with Gasteiger partial charge in [-0.1, -0.05) is 30.3 Å². The number of ether oxygens (including phenoxy) is 3. The van der Waals surface area contributed by atoms with E-state index >= 15 is 0 Å². The van der Waals surface area contributed by atoms with E-state index < -0.39 is 12.5 Å². The largest absolute Gasteiger partial charge is 0.474 e. The van der Waals surface area contributed by atoms with E-state index in [1.54, 1.807) is 6.20 Å². The predicted molar refractivity (Wildman–Crippen MR) is 114 cm³/mol. The number of aliphatic imine (C=N–C) groups is 1. The number of alkyl halides is 2. The molecule has 0 amide bonds. The van der Waals surface area contributed by atoms with Crippen LogP contribution in [0.25, 0.3) is 0 Å². The molecule has 1 saturated heterocycles. The van der Waals surface area contributed by atoms with Gasteiger partial charge in [0.2, 0.25) is 5.90 Å². The lowest BCUT2D eigenvalue weighted by Crippen LogP contribution is -2.26. The molecule has 0 saturated carbocycles. The second kappa shape index (κ2) is 10.7. The molecule has 0 spiro atoms. The van der Waals surface area contributed by atoms with Gasteiger partial charge in [-0.05, 0) is 17.2 Å². The van der Waals surface area contributed by atoms with Gasteiger partial charge in [-0.3, -0.25) is 9.78 Å².